The molecule has 13 heteroatoms. The van der Waals surface area contributed by atoms with Gasteiger partial charge in [-0.2, -0.15) is 35.1 Å². The van der Waals surface area contributed by atoms with Crippen LogP contribution in [0.3, 0.4) is 0 Å². The summed E-state index contributed by atoms with van der Waals surface area (Å²) in [6.45, 7) is 1.67. The summed E-state index contributed by atoms with van der Waals surface area (Å²) in [6.07, 6.45) is -11.0. The van der Waals surface area contributed by atoms with E-state index in [9.17, 15) is 44.7 Å². The molecular formula is C24H18F8N2O3. The lowest BCUT2D eigenvalue weighted by Crippen LogP contribution is -2.52. The number of nitrogens with one attached hydrogen (secondary N) is 1. The number of fused-ring (bicyclic) bond motifs is 2. The third-order valence-electron chi connectivity index (χ3n) is 6.10. The standard InChI is InChI=1S/C24H18F8N2O3/c1-21(2)16(10-33-20(36)22(25,26)24(30,31)32)18(34-11-12-5-3-4-6-14(12)19(34)35)15-9-13(23(27,28)29)7-8-17(15)37-21/h3-9H,10-11H2,1-2H3,(H,33,36). The summed E-state index contributed by atoms with van der Waals surface area (Å²) in [7, 11) is 0. The molecule has 198 valence electrons. The molecule has 0 saturated heterocycles. The van der Waals surface area contributed by atoms with Gasteiger partial charge in [0.15, 0.2) is 0 Å². The average Bonchev–Trinajstić information content (AvgIpc) is 3.11. The number of carbonyl (C=O) groups is 2. The molecule has 4 rings (SSSR count). The molecule has 5 nitrogen and oxygen atoms in total. The Morgan fingerprint density at radius 2 is 1.65 bits per heavy atom. The Bertz CT molecular complexity index is 1310. The van der Waals surface area contributed by atoms with E-state index < -0.39 is 47.8 Å². The summed E-state index contributed by atoms with van der Waals surface area (Å²) in [5.74, 6) is -9.09. The Hall–Kier alpha value is -3.64. The van der Waals surface area contributed by atoms with Gasteiger partial charge in [0, 0.05) is 23.2 Å². The molecule has 2 aliphatic rings. The Kier molecular flexibility index (Phi) is 6.04. The van der Waals surface area contributed by atoms with Gasteiger partial charge in [0.2, 0.25) is 0 Å². The first kappa shape index (κ1) is 26.4. The van der Waals surface area contributed by atoms with Crippen molar-refractivity contribution in [3.63, 3.8) is 0 Å². The van der Waals surface area contributed by atoms with Crippen molar-refractivity contribution in [2.24, 2.45) is 0 Å². The minimum atomic E-state index is -6.17. The topological polar surface area (TPSA) is 58.6 Å². The van der Waals surface area contributed by atoms with Crippen LogP contribution in [0.15, 0.2) is 48.0 Å². The first-order valence-corrected chi connectivity index (χ1v) is 10.7. The van der Waals surface area contributed by atoms with Gasteiger partial charge in [-0.3, -0.25) is 9.59 Å². The van der Waals surface area contributed by atoms with Gasteiger partial charge >= 0.3 is 24.2 Å². The van der Waals surface area contributed by atoms with Crippen LogP contribution in [0.1, 0.15) is 40.9 Å². The molecule has 0 radical (unpaired) electrons. The van der Waals surface area contributed by atoms with Crippen molar-refractivity contribution < 1.29 is 49.4 Å². The van der Waals surface area contributed by atoms with Gasteiger partial charge < -0.3 is 15.0 Å². The van der Waals surface area contributed by atoms with E-state index in [0.717, 1.165) is 17.0 Å². The summed E-state index contributed by atoms with van der Waals surface area (Å²) >= 11 is 0. The SMILES string of the molecule is CC1(C)Oc2ccc(C(F)(F)F)cc2C(N2Cc3ccccc3C2=O)=C1CNC(=O)C(F)(F)C(F)(F)F. The zero-order valence-electron chi connectivity index (χ0n) is 19.2. The highest BCUT2D eigenvalue weighted by molar-refractivity contribution is 6.04. The predicted molar refractivity (Wildman–Crippen MR) is 113 cm³/mol. The van der Waals surface area contributed by atoms with Crippen molar-refractivity contribution in [2.75, 3.05) is 6.54 Å². The molecule has 37 heavy (non-hydrogen) atoms. The Morgan fingerprint density at radius 3 is 2.24 bits per heavy atom. The van der Waals surface area contributed by atoms with Crippen molar-refractivity contribution in [3.05, 3.63) is 70.3 Å². The van der Waals surface area contributed by atoms with Gasteiger partial charge in [0.25, 0.3) is 5.91 Å². The van der Waals surface area contributed by atoms with Gasteiger partial charge in [-0.1, -0.05) is 18.2 Å². The second-order valence-electron chi connectivity index (χ2n) is 8.95. The fraction of sp³-hybridized carbons (Fsp3) is 0.333. The van der Waals surface area contributed by atoms with E-state index in [1.165, 1.54) is 25.2 Å². The molecule has 0 unspecified atom stereocenters. The predicted octanol–water partition coefficient (Wildman–Crippen LogP) is 5.56. The number of rotatable bonds is 4. The monoisotopic (exact) mass is 534 g/mol. The number of ether oxygens (including phenoxy) is 1. The fourth-order valence-corrected chi connectivity index (χ4v) is 4.21. The van der Waals surface area contributed by atoms with Crippen LogP contribution in [0.25, 0.3) is 5.70 Å². The molecule has 0 aromatic heterocycles. The maximum absolute atomic E-state index is 13.6. The molecule has 0 saturated carbocycles. The van der Waals surface area contributed by atoms with E-state index in [2.05, 4.69) is 0 Å². The van der Waals surface area contributed by atoms with Crippen LogP contribution in [0.2, 0.25) is 0 Å². The molecule has 2 aromatic carbocycles. The number of amides is 2. The van der Waals surface area contributed by atoms with Gasteiger partial charge in [0.05, 0.1) is 17.8 Å². The normalized spacial score (nSPS) is 17.4. The number of alkyl halides is 8. The van der Waals surface area contributed by atoms with Crippen molar-refractivity contribution in [1.82, 2.24) is 10.2 Å². The van der Waals surface area contributed by atoms with Crippen LogP contribution in [-0.4, -0.2) is 41.0 Å². The van der Waals surface area contributed by atoms with E-state index in [1.807, 2.05) is 0 Å². The van der Waals surface area contributed by atoms with Crippen LogP contribution in [-0.2, 0) is 17.5 Å². The van der Waals surface area contributed by atoms with Crippen molar-refractivity contribution in [2.45, 2.75) is 44.3 Å². The zero-order chi connectivity index (χ0) is 27.6. The maximum atomic E-state index is 13.6. The van der Waals surface area contributed by atoms with Crippen LogP contribution in [0.4, 0.5) is 35.1 Å². The maximum Gasteiger partial charge on any atom is 0.463 e. The van der Waals surface area contributed by atoms with Crippen molar-refractivity contribution >= 4 is 17.5 Å². The number of hydrogen-bond acceptors (Lipinski definition) is 3. The number of halogens is 8. The Morgan fingerprint density at radius 1 is 1.00 bits per heavy atom. The highest BCUT2D eigenvalue weighted by Gasteiger charge is 2.63. The van der Waals surface area contributed by atoms with Crippen molar-refractivity contribution in [3.8, 4) is 5.75 Å². The van der Waals surface area contributed by atoms with Gasteiger partial charge in [-0.15, -0.1) is 0 Å². The van der Waals surface area contributed by atoms with E-state index >= 15 is 0 Å². The first-order chi connectivity index (χ1) is 16.9. The molecule has 0 spiro atoms. The number of benzene rings is 2. The summed E-state index contributed by atoms with van der Waals surface area (Å²) in [5, 5.41) is 1.51. The summed E-state index contributed by atoms with van der Waals surface area (Å²) in [6, 6.07) is 8.77. The molecule has 2 heterocycles. The lowest BCUT2D eigenvalue weighted by atomic mass is 9.88. The summed E-state index contributed by atoms with van der Waals surface area (Å²) in [4.78, 5) is 26.1. The van der Waals surface area contributed by atoms with E-state index in [4.69, 9.17) is 4.74 Å². The highest BCUT2D eigenvalue weighted by atomic mass is 19.4. The third-order valence-corrected chi connectivity index (χ3v) is 6.10. The fourth-order valence-electron chi connectivity index (χ4n) is 4.21. The minimum Gasteiger partial charge on any atom is -0.483 e. The lowest BCUT2D eigenvalue weighted by molar-refractivity contribution is -0.269. The number of carbonyl (C=O) groups excluding carboxylic acids is 2. The number of hydrogen-bond donors (Lipinski definition) is 1. The number of nitrogens with zero attached hydrogens (tertiary/aromatic N) is 1. The second kappa shape index (κ2) is 8.45. The molecule has 1 N–H and O–H groups in total. The molecule has 2 amide bonds. The summed E-state index contributed by atoms with van der Waals surface area (Å²) in [5.41, 5.74) is -2.48. The first-order valence-electron chi connectivity index (χ1n) is 10.7. The average molecular weight is 534 g/mol. The summed E-state index contributed by atoms with van der Waals surface area (Å²) < 4.78 is 111. The molecule has 2 aromatic rings. The third kappa shape index (κ3) is 4.51. The molecule has 0 bridgehead atoms. The quantitative estimate of drug-likeness (QED) is 0.523. The largest absolute Gasteiger partial charge is 0.483 e. The molecular weight excluding hydrogens is 516 g/mol. The van der Waals surface area contributed by atoms with Crippen LogP contribution in [0, 0.1) is 0 Å². The van der Waals surface area contributed by atoms with E-state index in [1.54, 1.807) is 18.2 Å². The van der Waals surface area contributed by atoms with Crippen LogP contribution < -0.4 is 10.1 Å². The van der Waals surface area contributed by atoms with Gasteiger partial charge in [-0.25, -0.2) is 0 Å². The molecule has 0 atom stereocenters. The van der Waals surface area contributed by atoms with E-state index in [0.29, 0.717) is 11.6 Å². The Balaban J connectivity index is 1.87. The van der Waals surface area contributed by atoms with Gasteiger partial charge in [-0.05, 0) is 43.7 Å². The second-order valence-corrected chi connectivity index (χ2v) is 8.95. The van der Waals surface area contributed by atoms with Gasteiger partial charge in [0.1, 0.15) is 11.4 Å². The molecule has 0 aliphatic carbocycles. The van der Waals surface area contributed by atoms with Crippen molar-refractivity contribution in [1.29, 1.82) is 0 Å². The minimum absolute atomic E-state index is 0.0764. The van der Waals surface area contributed by atoms with Crippen LogP contribution in [0.5, 0.6) is 5.75 Å². The smallest absolute Gasteiger partial charge is 0.463 e. The zero-order valence-corrected chi connectivity index (χ0v) is 19.2. The van der Waals surface area contributed by atoms with E-state index in [-0.39, 0.29) is 34.7 Å². The molecule has 2 aliphatic heterocycles. The lowest BCUT2D eigenvalue weighted by Gasteiger charge is -2.40. The highest BCUT2D eigenvalue weighted by Crippen LogP contribution is 2.46. The Labute approximate surface area is 204 Å². The van der Waals surface area contributed by atoms with Crippen LogP contribution >= 0.6 is 0 Å². The molecule has 0 fully saturated rings.